The Morgan fingerprint density at radius 2 is 1.39 bits per heavy atom. The largest absolute Gasteiger partial charge is 0.465 e. The number of nitrogens with two attached hydrogens (primary N) is 2. The van der Waals surface area contributed by atoms with E-state index in [1.165, 1.54) is 19.0 Å². The summed E-state index contributed by atoms with van der Waals surface area (Å²) >= 11 is 36.4. The molecule has 0 radical (unpaired) electrons. The van der Waals surface area contributed by atoms with E-state index in [0.29, 0.717) is 50.4 Å². The summed E-state index contributed by atoms with van der Waals surface area (Å²) in [6.07, 6.45) is 10.9. The molecule has 11 N–H and O–H groups in total. The number of nitrogens with zero attached hydrogens (tertiary/aromatic N) is 6. The zero-order valence-electron chi connectivity index (χ0n) is 37.1. The van der Waals surface area contributed by atoms with Gasteiger partial charge in [0.05, 0.1) is 49.1 Å². The Morgan fingerprint density at radius 1 is 0.870 bits per heavy atom. The molecule has 1 atom stereocenters. The molecular formula is C37H45Cl5FIN15O7PS2. The van der Waals surface area contributed by atoms with Crippen LogP contribution in [-0.2, 0) is 23.6 Å². The molecule has 1 unspecified atom stereocenters. The number of thiocarbonyl (C=S) groups is 1. The van der Waals surface area contributed by atoms with Crippen molar-refractivity contribution in [2.75, 3.05) is 27.0 Å². The maximum Gasteiger partial charge on any atom is 0.339 e. The molecule has 0 aliphatic heterocycles. The Balaban J connectivity index is 0.000000818. The molecule has 22 nitrogen and oxygen atoms in total. The molecule has 0 fully saturated rings. The zero-order chi connectivity index (χ0) is 52.8. The fourth-order valence-electron chi connectivity index (χ4n) is 4.78. The van der Waals surface area contributed by atoms with E-state index in [1.54, 1.807) is 37.6 Å². The lowest BCUT2D eigenvalue weighted by atomic mass is 10.1. The molecule has 69 heavy (non-hydrogen) atoms. The fourth-order valence-corrected chi connectivity index (χ4v) is 6.24. The number of aromatic amines is 7. The van der Waals surface area contributed by atoms with Gasteiger partial charge in [-0.3, -0.25) is 28.3 Å². The average Bonchev–Trinajstić information content (AvgIpc) is 4.13. The van der Waals surface area contributed by atoms with E-state index >= 15 is 0 Å². The van der Waals surface area contributed by atoms with E-state index < -0.39 is 30.5 Å². The molecule has 0 saturated carbocycles. The van der Waals surface area contributed by atoms with E-state index in [9.17, 15) is 23.3 Å². The number of fused-ring (bicyclic) bond motifs is 4. The fraction of sp³-hybridized carbons (Fsp3) is 0.270. The molecule has 0 saturated heterocycles. The van der Waals surface area contributed by atoms with Crippen LogP contribution >= 0.6 is 109 Å². The van der Waals surface area contributed by atoms with Crippen LogP contribution in [0.3, 0.4) is 0 Å². The van der Waals surface area contributed by atoms with E-state index in [1.807, 2.05) is 32.2 Å². The Labute approximate surface area is 442 Å². The SMILES string of the molecule is CCOC(=O)C(C#N)CC(OCC)OCC.Clc1ncnc2[nH]cc(I)c12.Clc1ncnc2[nH]ccc12.NC(N)=S.O=P(Cl)(Cl)Cl.O=c1[nH]c(=S)[nH]c2[nH]ccc12.O=c1[nH]cnc2[nH]ccc12.[2HH].[2H]CF. The summed E-state index contributed by atoms with van der Waals surface area (Å²) < 4.78 is 41.7. The number of H-pyrrole nitrogens is 7. The van der Waals surface area contributed by atoms with Gasteiger partial charge < -0.3 is 55.6 Å². The number of ether oxygens (including phenoxy) is 3. The summed E-state index contributed by atoms with van der Waals surface area (Å²) in [6, 6.07) is 7.13. The van der Waals surface area contributed by atoms with Crippen LogP contribution in [-0.4, -0.2) is 104 Å². The van der Waals surface area contributed by atoms with Crippen molar-refractivity contribution in [3.05, 3.63) is 101 Å². The highest BCUT2D eigenvalue weighted by atomic mass is 127. The predicted octanol–water partition coefficient (Wildman–Crippen LogP) is 9.30. The Morgan fingerprint density at radius 3 is 1.91 bits per heavy atom. The van der Waals surface area contributed by atoms with Gasteiger partial charge in [-0.2, -0.15) is 5.26 Å². The lowest BCUT2D eigenvalue weighted by Crippen LogP contribution is -2.26. The van der Waals surface area contributed by atoms with Crippen LogP contribution in [0.2, 0.25) is 10.3 Å². The summed E-state index contributed by atoms with van der Waals surface area (Å²) in [7, 11) is -1.00. The molecular weight excluding hydrogens is 1180 g/mol. The van der Waals surface area contributed by atoms with Crippen molar-refractivity contribution < 1.29 is 30.8 Å². The highest BCUT2D eigenvalue weighted by Crippen LogP contribution is 2.61. The lowest BCUT2D eigenvalue weighted by molar-refractivity contribution is -0.161. The summed E-state index contributed by atoms with van der Waals surface area (Å²) in [5, 5.41) is 9.58. The van der Waals surface area contributed by atoms with Gasteiger partial charge in [-0.1, -0.05) is 23.2 Å². The second-order valence-corrected chi connectivity index (χ2v) is 21.3. The van der Waals surface area contributed by atoms with Crippen LogP contribution in [0.1, 0.15) is 30.0 Å². The molecule has 376 valence electrons. The summed E-state index contributed by atoms with van der Waals surface area (Å²) in [6.45, 7) is 6.59. The first-order valence-electron chi connectivity index (χ1n) is 19.6. The smallest absolute Gasteiger partial charge is 0.339 e. The number of carbonyl (C=O) groups excluding carboxylic acids is 1. The van der Waals surface area contributed by atoms with Crippen molar-refractivity contribution in [1.29, 1.82) is 5.26 Å². The number of halogens is 7. The highest BCUT2D eigenvalue weighted by molar-refractivity contribution is 14.1. The van der Waals surface area contributed by atoms with Crippen LogP contribution in [0, 0.1) is 25.6 Å². The number of carbonyl (C=O) groups is 1. The van der Waals surface area contributed by atoms with Crippen molar-refractivity contribution >= 4 is 164 Å². The molecule has 32 heteroatoms. The number of esters is 1. The van der Waals surface area contributed by atoms with Gasteiger partial charge in [0.2, 0.25) is 0 Å². The summed E-state index contributed by atoms with van der Waals surface area (Å²) in [5.74, 6) is -1.35. The number of aromatic nitrogens is 12. The van der Waals surface area contributed by atoms with Gasteiger partial charge in [0.1, 0.15) is 51.5 Å². The average molecular weight is 1230 g/mol. The van der Waals surface area contributed by atoms with Gasteiger partial charge in [0.15, 0.2) is 16.2 Å². The molecule has 0 spiro atoms. The van der Waals surface area contributed by atoms with Crippen molar-refractivity contribution in [2.45, 2.75) is 33.5 Å². The van der Waals surface area contributed by atoms with Gasteiger partial charge in [-0.05, 0) is 120 Å². The van der Waals surface area contributed by atoms with Gasteiger partial charge in [0.25, 0.3) is 11.1 Å². The molecule has 0 aliphatic rings. The van der Waals surface area contributed by atoms with E-state index in [2.05, 4.69) is 140 Å². The topological polar surface area (TPSA) is 347 Å². The van der Waals surface area contributed by atoms with E-state index in [0.717, 1.165) is 25.6 Å². The maximum atomic E-state index is 11.4. The monoisotopic (exact) mass is 1230 g/mol. The third-order valence-corrected chi connectivity index (χ3v) is 9.00. The Bertz CT molecular complexity index is 3080. The molecule has 8 heterocycles. The van der Waals surface area contributed by atoms with Crippen LogP contribution in [0.4, 0.5) is 4.39 Å². The Kier molecular flexibility index (Phi) is 29.5. The Hall–Kier alpha value is -4.79. The van der Waals surface area contributed by atoms with Gasteiger partial charge in [-0.25, -0.2) is 24.9 Å². The number of hydrogen-bond donors (Lipinski definition) is 9. The molecule has 0 bridgehead atoms. The van der Waals surface area contributed by atoms with Crippen LogP contribution in [0.5, 0.6) is 0 Å². The number of nitriles is 1. The third-order valence-electron chi connectivity index (χ3n) is 7.36. The number of rotatable bonds is 8. The zero-order valence-corrected chi connectivity index (χ0v) is 44.5. The minimum atomic E-state index is -3.22. The quantitative estimate of drug-likeness (QED) is 0.0171. The standard InChI is InChI=1S/C11H19NO4.C6H3ClIN3.C6H4ClN3.C6H5N3OS.C6H5N3O.CH3F.CH4N2S.Cl3OP.H2/c1-4-14-10(15-5-2)7-9(8-12)11(13)16-6-3;7-5-4-3(8)1-9-6(4)11-2-10-5;7-5-4-1-2-8-6(4)10-3-9-5;10-5-3-1-2-7-4(3)8-6(11)9-5;10-6-4-1-2-7-5(4)8-3-9-6;1-2;2-1(3)4;1-5(2,3)4;/h9-10H,4-7H2,1-3H3;1-2H,(H,9,10,11);1-3H,(H,8,9,10);1-2H,(H3,7,8,9,10,11);1-3H,(H2,7,8,9,10);1H3;(H4,2,3,4);;1H/i;;;;;1D;;;1+1. The first kappa shape index (κ1) is 60.3. The molecule has 0 aliphatic carbocycles. The molecule has 0 amide bonds. The van der Waals surface area contributed by atoms with Crippen molar-refractivity contribution in [2.24, 2.45) is 17.4 Å². The number of hydrogen-bond acceptors (Lipinski definition) is 15. The number of alkyl halides is 1. The van der Waals surface area contributed by atoms with Crippen LogP contribution in [0.15, 0.2) is 71.6 Å². The second kappa shape index (κ2) is 33.7. The summed E-state index contributed by atoms with van der Waals surface area (Å²) in [4.78, 5) is 72.3. The second-order valence-electron chi connectivity index (χ2n) is 11.9. The number of nitrogens with one attached hydrogen (secondary N) is 7. The van der Waals surface area contributed by atoms with Crippen molar-refractivity contribution in [3.63, 3.8) is 0 Å². The molecule has 8 aromatic rings. The molecule has 0 aromatic carbocycles. The first-order valence-corrected chi connectivity index (χ1v) is 26.0. The minimum absolute atomic E-state index is 0. The van der Waals surface area contributed by atoms with Crippen molar-refractivity contribution in [3.8, 4) is 6.07 Å². The maximum absolute atomic E-state index is 11.4. The molecule has 8 rings (SSSR count). The van der Waals surface area contributed by atoms with Gasteiger partial charge >= 0.3 is 11.2 Å². The summed E-state index contributed by atoms with van der Waals surface area (Å²) in [5.41, 5.74) is 11.8. The van der Waals surface area contributed by atoms with E-state index in [-0.39, 0.29) is 30.7 Å². The third kappa shape index (κ3) is 24.1. The molecule has 8 aromatic heterocycles. The van der Waals surface area contributed by atoms with Crippen LogP contribution in [0.25, 0.3) is 44.1 Å². The van der Waals surface area contributed by atoms with Gasteiger partial charge in [0, 0.05) is 49.4 Å². The normalized spacial score (nSPS) is 10.7. The minimum Gasteiger partial charge on any atom is -0.465 e. The van der Waals surface area contributed by atoms with E-state index in [4.69, 9.17) is 56.3 Å². The lowest BCUT2D eigenvalue weighted by Gasteiger charge is -2.18. The van der Waals surface area contributed by atoms with Crippen molar-refractivity contribution in [1.82, 2.24) is 59.8 Å². The highest BCUT2D eigenvalue weighted by Gasteiger charge is 2.24. The van der Waals surface area contributed by atoms with Gasteiger partial charge in [-0.15, -0.1) is 0 Å². The van der Waals surface area contributed by atoms with Crippen LogP contribution < -0.4 is 22.6 Å². The predicted molar refractivity (Wildman–Crippen MR) is 284 cm³/mol. The first-order chi connectivity index (χ1) is 33.1.